The average Bonchev–Trinajstić information content (AvgIpc) is 2.81. The number of halogens is 3. The van der Waals surface area contributed by atoms with Gasteiger partial charge in [-0.1, -0.05) is 72.6 Å². The standard InChI is InChI=1S/C22H29F3N2O.3C2H6/c1-6-7-17(5)27-13-15(3)21(14(2)8-9-16(4)26)19-11-10-18(12-20(19)28)22(23,24)25;3*1-2/h9-13,28H,6-8,26H2,1-5H3;3*1-2H3/b15-13+,16-9+,21-14?,27-17?;;;. The largest absolute Gasteiger partial charge is 0.507 e. The van der Waals surface area contributed by atoms with E-state index in [-0.39, 0.29) is 0 Å². The number of allylic oxidation sites excluding steroid dienone is 5. The lowest BCUT2D eigenvalue weighted by Crippen LogP contribution is -2.05. The molecule has 196 valence electrons. The van der Waals surface area contributed by atoms with E-state index in [9.17, 15) is 18.3 Å². The molecule has 0 spiro atoms. The lowest BCUT2D eigenvalue weighted by Gasteiger charge is -2.16. The van der Waals surface area contributed by atoms with Crippen LogP contribution >= 0.6 is 0 Å². The van der Waals surface area contributed by atoms with E-state index in [4.69, 9.17) is 5.73 Å². The molecule has 3 N–H and O–H groups in total. The number of phenolic OH excluding ortho intramolecular Hbond substituents is 1. The van der Waals surface area contributed by atoms with Gasteiger partial charge in [0.25, 0.3) is 0 Å². The Kier molecular flexibility index (Phi) is 21.1. The van der Waals surface area contributed by atoms with Gasteiger partial charge in [-0.3, -0.25) is 4.99 Å². The smallest absolute Gasteiger partial charge is 0.416 e. The minimum Gasteiger partial charge on any atom is -0.507 e. The van der Waals surface area contributed by atoms with Crippen LogP contribution in [0.4, 0.5) is 13.2 Å². The minimum absolute atomic E-state index is 0.339. The number of alkyl halides is 3. The zero-order valence-electron chi connectivity index (χ0n) is 23.1. The van der Waals surface area contributed by atoms with Crippen molar-refractivity contribution in [3.05, 3.63) is 58.4 Å². The Morgan fingerprint density at radius 1 is 1.00 bits per heavy atom. The fourth-order valence-electron chi connectivity index (χ4n) is 2.81. The Balaban J connectivity index is -0.00000148. The van der Waals surface area contributed by atoms with Crippen LogP contribution in [-0.4, -0.2) is 10.8 Å². The number of hydrogen-bond acceptors (Lipinski definition) is 3. The Morgan fingerprint density at radius 2 is 1.53 bits per heavy atom. The van der Waals surface area contributed by atoms with Gasteiger partial charge in [0, 0.05) is 23.2 Å². The fourth-order valence-corrected chi connectivity index (χ4v) is 2.81. The van der Waals surface area contributed by atoms with E-state index in [0.717, 1.165) is 41.8 Å². The van der Waals surface area contributed by atoms with E-state index in [2.05, 4.69) is 11.9 Å². The monoisotopic (exact) mass is 484 g/mol. The number of aromatic hydroxyl groups is 1. The van der Waals surface area contributed by atoms with Crippen LogP contribution in [0.3, 0.4) is 0 Å². The van der Waals surface area contributed by atoms with Crippen molar-refractivity contribution in [1.82, 2.24) is 0 Å². The number of nitrogens with zero attached hydrogens (tertiary/aromatic N) is 1. The molecule has 0 aliphatic rings. The quantitative estimate of drug-likeness (QED) is 0.299. The van der Waals surface area contributed by atoms with Crippen LogP contribution in [0.1, 0.15) is 107 Å². The summed E-state index contributed by atoms with van der Waals surface area (Å²) in [5.41, 5.74) is 9.07. The van der Waals surface area contributed by atoms with Crippen LogP contribution < -0.4 is 5.73 Å². The molecule has 0 amide bonds. The predicted octanol–water partition coefficient (Wildman–Crippen LogP) is 9.68. The lowest BCUT2D eigenvalue weighted by molar-refractivity contribution is -0.137. The van der Waals surface area contributed by atoms with Crippen LogP contribution in [0, 0.1) is 0 Å². The van der Waals surface area contributed by atoms with Crippen molar-refractivity contribution < 1.29 is 18.3 Å². The molecule has 0 aliphatic heterocycles. The first kappa shape index (κ1) is 36.1. The minimum atomic E-state index is -4.51. The topological polar surface area (TPSA) is 58.6 Å². The highest BCUT2D eigenvalue weighted by atomic mass is 19.4. The molecule has 0 aromatic heterocycles. The second kappa shape index (κ2) is 19.9. The highest BCUT2D eigenvalue weighted by molar-refractivity contribution is 5.86. The third kappa shape index (κ3) is 13.9. The van der Waals surface area contributed by atoms with Crippen LogP contribution in [0.2, 0.25) is 0 Å². The number of rotatable bonds is 7. The van der Waals surface area contributed by atoms with Crippen molar-refractivity contribution >= 4 is 11.3 Å². The summed E-state index contributed by atoms with van der Waals surface area (Å²) in [6.07, 6.45) is 1.36. The summed E-state index contributed by atoms with van der Waals surface area (Å²) in [5, 5.41) is 10.3. The van der Waals surface area contributed by atoms with E-state index < -0.39 is 17.5 Å². The van der Waals surface area contributed by atoms with Gasteiger partial charge in [-0.15, -0.1) is 0 Å². The van der Waals surface area contributed by atoms with Gasteiger partial charge in [-0.05, 0) is 63.8 Å². The first-order chi connectivity index (χ1) is 16.0. The number of aliphatic imine (C=N–C) groups is 1. The molecule has 1 rings (SSSR count). The second-order valence-electron chi connectivity index (χ2n) is 6.96. The SMILES string of the molecule is CC.CC.CC.CCCC(C)=N/C=C(\C)C(=C(C)C/C=C(\C)N)c1ccc(C(F)(F)F)cc1O. The van der Waals surface area contributed by atoms with Crippen LogP contribution in [-0.2, 0) is 6.18 Å². The molecule has 0 saturated carbocycles. The van der Waals surface area contributed by atoms with Gasteiger partial charge >= 0.3 is 6.18 Å². The number of benzene rings is 1. The summed E-state index contributed by atoms with van der Waals surface area (Å²) >= 11 is 0. The van der Waals surface area contributed by atoms with E-state index >= 15 is 0 Å². The number of phenols is 1. The van der Waals surface area contributed by atoms with Crippen molar-refractivity contribution in [2.24, 2.45) is 10.7 Å². The fraction of sp³-hybridized carbons (Fsp3) is 0.536. The second-order valence-corrected chi connectivity index (χ2v) is 6.96. The Hall–Kier alpha value is -2.50. The van der Waals surface area contributed by atoms with Gasteiger partial charge in [0.05, 0.1) is 5.56 Å². The van der Waals surface area contributed by atoms with Crippen molar-refractivity contribution in [2.75, 3.05) is 0 Å². The zero-order valence-corrected chi connectivity index (χ0v) is 23.1. The Morgan fingerprint density at radius 3 is 1.94 bits per heavy atom. The van der Waals surface area contributed by atoms with E-state index in [0.29, 0.717) is 23.3 Å². The van der Waals surface area contributed by atoms with Crippen molar-refractivity contribution in [1.29, 1.82) is 0 Å². The summed E-state index contributed by atoms with van der Waals surface area (Å²) in [6, 6.07) is 3.03. The van der Waals surface area contributed by atoms with Crippen molar-refractivity contribution in [3.8, 4) is 5.75 Å². The molecule has 1 aromatic carbocycles. The van der Waals surface area contributed by atoms with E-state index in [1.165, 1.54) is 6.07 Å². The Labute approximate surface area is 206 Å². The van der Waals surface area contributed by atoms with Gasteiger partial charge in [0.1, 0.15) is 5.75 Å². The van der Waals surface area contributed by atoms with Gasteiger partial charge in [0.2, 0.25) is 0 Å². The van der Waals surface area contributed by atoms with Crippen molar-refractivity contribution in [2.45, 2.75) is 102 Å². The highest BCUT2D eigenvalue weighted by Gasteiger charge is 2.31. The summed E-state index contributed by atoms with van der Waals surface area (Å²) in [7, 11) is 0. The molecule has 3 nitrogen and oxygen atoms in total. The molecular weight excluding hydrogens is 437 g/mol. The molecule has 6 heteroatoms. The molecule has 0 heterocycles. The lowest BCUT2D eigenvalue weighted by atomic mass is 9.91. The van der Waals surface area contributed by atoms with Gasteiger partial charge in [-0.2, -0.15) is 13.2 Å². The molecule has 0 unspecified atom stereocenters. The average molecular weight is 485 g/mol. The summed E-state index contributed by atoms with van der Waals surface area (Å²) in [4.78, 5) is 4.44. The maximum absolute atomic E-state index is 12.9. The highest BCUT2D eigenvalue weighted by Crippen LogP contribution is 2.38. The molecule has 34 heavy (non-hydrogen) atoms. The molecule has 1 aromatic rings. The summed E-state index contributed by atoms with van der Waals surface area (Å²) < 4.78 is 38.8. The van der Waals surface area contributed by atoms with Gasteiger partial charge in [0.15, 0.2) is 0 Å². The first-order valence-electron chi connectivity index (χ1n) is 12.2. The molecular formula is C28H47F3N2O. The van der Waals surface area contributed by atoms with E-state index in [1.54, 1.807) is 13.1 Å². The molecule has 0 radical (unpaired) electrons. The Bertz CT molecular complexity index is 813. The maximum Gasteiger partial charge on any atom is 0.416 e. The molecule has 0 saturated heterocycles. The predicted molar refractivity (Wildman–Crippen MR) is 144 cm³/mol. The third-order valence-electron chi connectivity index (χ3n) is 4.24. The third-order valence-corrected chi connectivity index (χ3v) is 4.24. The van der Waals surface area contributed by atoms with Gasteiger partial charge in [-0.25, -0.2) is 0 Å². The molecule has 0 bridgehead atoms. The van der Waals surface area contributed by atoms with Crippen molar-refractivity contribution in [3.63, 3.8) is 0 Å². The molecule has 0 fully saturated rings. The summed E-state index contributed by atoms with van der Waals surface area (Å²) in [6.45, 7) is 21.5. The normalized spacial score (nSPS) is 12.8. The summed E-state index contributed by atoms with van der Waals surface area (Å²) in [5.74, 6) is -0.417. The number of nitrogens with two attached hydrogens (primary N) is 1. The number of hydrogen-bond donors (Lipinski definition) is 2. The van der Waals surface area contributed by atoms with E-state index in [1.807, 2.05) is 68.4 Å². The molecule has 0 aliphatic carbocycles. The van der Waals surface area contributed by atoms with Gasteiger partial charge < -0.3 is 10.8 Å². The van der Waals surface area contributed by atoms with Crippen LogP contribution in [0.5, 0.6) is 5.75 Å². The van der Waals surface area contributed by atoms with Crippen LogP contribution in [0.25, 0.3) is 5.57 Å². The van der Waals surface area contributed by atoms with Crippen LogP contribution in [0.15, 0.2) is 52.3 Å². The molecule has 0 atom stereocenters. The maximum atomic E-state index is 12.9. The zero-order chi connectivity index (χ0) is 27.5. The first-order valence-corrected chi connectivity index (χ1v) is 12.2.